The SMILES string of the molecule is Cc1ccccc1NC(=O)Cc1nc(COC(=O)c2cc(-c3ccccc3)nc3ccccc23)cs1. The third kappa shape index (κ3) is 5.31. The number of hydrogen-bond donors (Lipinski definition) is 1. The maximum atomic E-state index is 13.1. The van der Waals surface area contributed by atoms with Gasteiger partial charge in [-0.25, -0.2) is 14.8 Å². The number of anilines is 1. The van der Waals surface area contributed by atoms with E-state index in [2.05, 4.69) is 10.3 Å². The van der Waals surface area contributed by atoms with Crippen molar-refractivity contribution in [1.29, 1.82) is 0 Å². The Morgan fingerprint density at radius 1 is 0.917 bits per heavy atom. The lowest BCUT2D eigenvalue weighted by atomic mass is 10.0. The number of para-hydroxylation sites is 2. The summed E-state index contributed by atoms with van der Waals surface area (Å²) < 4.78 is 5.62. The Labute approximate surface area is 212 Å². The Balaban J connectivity index is 1.28. The lowest BCUT2D eigenvalue weighted by molar-refractivity contribution is -0.115. The summed E-state index contributed by atoms with van der Waals surface area (Å²) in [5.74, 6) is -0.587. The van der Waals surface area contributed by atoms with Crippen LogP contribution in [0.5, 0.6) is 0 Å². The monoisotopic (exact) mass is 493 g/mol. The van der Waals surface area contributed by atoms with E-state index in [0.29, 0.717) is 22.0 Å². The van der Waals surface area contributed by atoms with E-state index < -0.39 is 5.97 Å². The molecule has 0 bridgehead atoms. The highest BCUT2D eigenvalue weighted by Crippen LogP contribution is 2.26. The van der Waals surface area contributed by atoms with E-state index in [4.69, 9.17) is 9.72 Å². The first kappa shape index (κ1) is 23.4. The van der Waals surface area contributed by atoms with Crippen molar-refractivity contribution in [3.05, 3.63) is 112 Å². The molecule has 0 atom stereocenters. The molecule has 0 aliphatic heterocycles. The molecule has 2 aromatic heterocycles. The van der Waals surface area contributed by atoms with Gasteiger partial charge in [0, 0.05) is 22.0 Å². The molecule has 0 saturated carbocycles. The van der Waals surface area contributed by atoms with E-state index in [9.17, 15) is 9.59 Å². The molecule has 36 heavy (non-hydrogen) atoms. The number of thiazole rings is 1. The first-order valence-electron chi connectivity index (χ1n) is 11.5. The van der Waals surface area contributed by atoms with Gasteiger partial charge in [-0.3, -0.25) is 4.79 Å². The second kappa shape index (κ2) is 10.5. The number of aryl methyl sites for hydroxylation is 1. The van der Waals surface area contributed by atoms with Crippen molar-refractivity contribution in [2.45, 2.75) is 20.0 Å². The third-order valence-electron chi connectivity index (χ3n) is 5.69. The van der Waals surface area contributed by atoms with Gasteiger partial charge in [0.25, 0.3) is 0 Å². The van der Waals surface area contributed by atoms with Crippen molar-refractivity contribution in [2.24, 2.45) is 0 Å². The number of benzene rings is 3. The Kier molecular flexibility index (Phi) is 6.82. The number of pyridine rings is 1. The highest BCUT2D eigenvalue weighted by atomic mass is 32.1. The van der Waals surface area contributed by atoms with Gasteiger partial charge < -0.3 is 10.1 Å². The van der Waals surface area contributed by atoms with Crippen molar-refractivity contribution in [3.63, 3.8) is 0 Å². The molecule has 6 nitrogen and oxygen atoms in total. The molecular weight excluding hydrogens is 470 g/mol. The second-order valence-corrected chi connectivity index (χ2v) is 9.23. The first-order chi connectivity index (χ1) is 17.6. The number of aromatic nitrogens is 2. The highest BCUT2D eigenvalue weighted by Gasteiger charge is 2.16. The van der Waals surface area contributed by atoms with Crippen LogP contribution in [-0.2, 0) is 22.6 Å². The molecule has 3 aromatic carbocycles. The predicted molar refractivity (Wildman–Crippen MR) is 142 cm³/mol. The molecule has 0 radical (unpaired) electrons. The molecule has 178 valence electrons. The lowest BCUT2D eigenvalue weighted by Crippen LogP contribution is -2.15. The van der Waals surface area contributed by atoms with E-state index >= 15 is 0 Å². The van der Waals surface area contributed by atoms with Crippen LogP contribution in [0.1, 0.15) is 26.6 Å². The quantitative estimate of drug-likeness (QED) is 0.273. The highest BCUT2D eigenvalue weighted by molar-refractivity contribution is 7.09. The minimum absolute atomic E-state index is 0.0199. The maximum absolute atomic E-state index is 13.1. The van der Waals surface area contributed by atoms with Crippen molar-refractivity contribution in [3.8, 4) is 11.3 Å². The zero-order chi connectivity index (χ0) is 24.9. The minimum Gasteiger partial charge on any atom is -0.456 e. The van der Waals surface area contributed by atoms with Gasteiger partial charge in [-0.1, -0.05) is 66.7 Å². The van der Waals surface area contributed by atoms with Crippen LogP contribution in [-0.4, -0.2) is 21.8 Å². The summed E-state index contributed by atoms with van der Waals surface area (Å²) in [7, 11) is 0. The minimum atomic E-state index is -0.447. The predicted octanol–water partition coefficient (Wildman–Crippen LogP) is 6.20. The fourth-order valence-corrected chi connectivity index (χ4v) is 4.64. The number of carbonyl (C=O) groups is 2. The lowest BCUT2D eigenvalue weighted by Gasteiger charge is -2.10. The van der Waals surface area contributed by atoms with Gasteiger partial charge >= 0.3 is 5.97 Å². The second-order valence-electron chi connectivity index (χ2n) is 8.29. The number of ether oxygens (including phenoxy) is 1. The molecule has 2 heterocycles. The summed E-state index contributed by atoms with van der Waals surface area (Å²) in [5, 5.41) is 6.11. The summed E-state index contributed by atoms with van der Waals surface area (Å²) in [5.41, 5.74) is 5.19. The summed E-state index contributed by atoms with van der Waals surface area (Å²) >= 11 is 1.37. The molecule has 5 aromatic rings. The zero-order valence-electron chi connectivity index (χ0n) is 19.6. The fraction of sp³-hybridized carbons (Fsp3) is 0.103. The average molecular weight is 494 g/mol. The summed E-state index contributed by atoms with van der Waals surface area (Å²) in [6, 6.07) is 26.6. The van der Waals surface area contributed by atoms with Crippen molar-refractivity contribution < 1.29 is 14.3 Å². The average Bonchev–Trinajstić information content (AvgIpc) is 3.35. The molecule has 1 N–H and O–H groups in total. The van der Waals surface area contributed by atoms with Crippen LogP contribution in [0.4, 0.5) is 5.69 Å². The van der Waals surface area contributed by atoms with Crippen LogP contribution in [0.25, 0.3) is 22.2 Å². The van der Waals surface area contributed by atoms with Gasteiger partial charge in [-0.2, -0.15) is 0 Å². The molecule has 7 heteroatoms. The molecule has 0 aliphatic rings. The molecule has 0 fully saturated rings. The number of hydrogen-bond acceptors (Lipinski definition) is 6. The summed E-state index contributed by atoms with van der Waals surface area (Å²) in [4.78, 5) is 34.7. The normalized spacial score (nSPS) is 10.8. The first-order valence-corrected chi connectivity index (χ1v) is 12.4. The van der Waals surface area contributed by atoms with Gasteiger partial charge in [-0.15, -0.1) is 11.3 Å². The van der Waals surface area contributed by atoms with Crippen LogP contribution in [0.15, 0.2) is 90.3 Å². The number of fused-ring (bicyclic) bond motifs is 1. The molecule has 0 saturated heterocycles. The molecule has 5 rings (SSSR count). The molecule has 0 spiro atoms. The Hall–Kier alpha value is -4.36. The number of carbonyl (C=O) groups excluding carboxylic acids is 2. The van der Waals surface area contributed by atoms with Gasteiger partial charge in [0.05, 0.1) is 28.9 Å². The van der Waals surface area contributed by atoms with Crippen LogP contribution in [0, 0.1) is 6.92 Å². The number of amides is 1. The van der Waals surface area contributed by atoms with Crippen molar-refractivity contribution in [2.75, 3.05) is 5.32 Å². The van der Waals surface area contributed by atoms with E-state index in [-0.39, 0.29) is 18.9 Å². The molecular formula is C29H23N3O3S. The van der Waals surface area contributed by atoms with Crippen LogP contribution in [0.2, 0.25) is 0 Å². The molecule has 1 amide bonds. The van der Waals surface area contributed by atoms with Crippen LogP contribution in [0.3, 0.4) is 0 Å². The number of nitrogens with one attached hydrogen (secondary N) is 1. The standard InChI is InChI=1S/C29H23N3O3S/c1-19-9-5-7-13-24(19)32-27(33)16-28-30-21(18-36-28)17-35-29(34)23-15-26(20-10-3-2-4-11-20)31-25-14-8-6-12-22(23)25/h2-15,18H,16-17H2,1H3,(H,32,33). The maximum Gasteiger partial charge on any atom is 0.339 e. The molecule has 0 aliphatic carbocycles. The van der Waals surface area contributed by atoms with E-state index in [1.165, 1.54) is 11.3 Å². The van der Waals surface area contributed by atoms with Gasteiger partial charge in [0.1, 0.15) is 11.6 Å². The number of rotatable bonds is 7. The van der Waals surface area contributed by atoms with Gasteiger partial charge in [0.15, 0.2) is 0 Å². The van der Waals surface area contributed by atoms with Gasteiger partial charge in [0.2, 0.25) is 5.91 Å². The molecule has 0 unspecified atom stereocenters. The summed E-state index contributed by atoms with van der Waals surface area (Å²) in [6.07, 6.45) is 0.155. The topological polar surface area (TPSA) is 81.2 Å². The van der Waals surface area contributed by atoms with Crippen LogP contribution >= 0.6 is 11.3 Å². The van der Waals surface area contributed by atoms with E-state index in [1.54, 1.807) is 6.07 Å². The van der Waals surface area contributed by atoms with Crippen molar-refractivity contribution in [1.82, 2.24) is 9.97 Å². The van der Waals surface area contributed by atoms with E-state index in [0.717, 1.165) is 27.7 Å². The van der Waals surface area contributed by atoms with Gasteiger partial charge in [-0.05, 0) is 30.7 Å². The fourth-order valence-electron chi connectivity index (χ4n) is 3.86. The Morgan fingerprint density at radius 2 is 1.67 bits per heavy atom. The number of nitrogens with zero attached hydrogens (tertiary/aromatic N) is 2. The largest absolute Gasteiger partial charge is 0.456 e. The Bertz CT molecular complexity index is 1550. The smallest absolute Gasteiger partial charge is 0.339 e. The van der Waals surface area contributed by atoms with Crippen molar-refractivity contribution >= 4 is 39.8 Å². The third-order valence-corrected chi connectivity index (χ3v) is 6.58. The summed E-state index contributed by atoms with van der Waals surface area (Å²) in [6.45, 7) is 1.96. The zero-order valence-corrected chi connectivity index (χ0v) is 20.4. The number of esters is 1. The van der Waals surface area contributed by atoms with Crippen LogP contribution < -0.4 is 5.32 Å². The van der Waals surface area contributed by atoms with E-state index in [1.807, 2.05) is 91.2 Å². The Morgan fingerprint density at radius 3 is 2.50 bits per heavy atom.